The van der Waals surface area contributed by atoms with Crippen molar-refractivity contribution in [3.63, 3.8) is 0 Å². The van der Waals surface area contributed by atoms with Crippen LogP contribution >= 0.6 is 0 Å². The zero-order valence-electron chi connectivity index (χ0n) is 14.4. The highest BCUT2D eigenvalue weighted by molar-refractivity contribution is 7.83. The number of nitrogens with one attached hydrogen (secondary N) is 1. The number of carbonyl (C=O) groups is 1. The average molecular weight is 405 g/mol. The maximum absolute atomic E-state index is 13.3. The first-order chi connectivity index (χ1) is 13.3. The lowest BCUT2D eigenvalue weighted by atomic mass is 10.1. The van der Waals surface area contributed by atoms with E-state index < -0.39 is 34.0 Å². The van der Waals surface area contributed by atoms with Crippen LogP contribution in [0.5, 0.6) is 0 Å². The van der Waals surface area contributed by atoms with Crippen LogP contribution in [0.3, 0.4) is 0 Å². The summed E-state index contributed by atoms with van der Waals surface area (Å²) >= 11 is 0. The minimum absolute atomic E-state index is 0.193. The molecule has 5 nitrogen and oxygen atoms in total. The van der Waals surface area contributed by atoms with Gasteiger partial charge in [0.2, 0.25) is 0 Å². The number of benzene rings is 2. The monoisotopic (exact) mass is 405 g/mol. The van der Waals surface area contributed by atoms with E-state index in [2.05, 4.69) is 10.4 Å². The minimum Gasteiger partial charge on any atom is -0.306 e. The Labute approximate surface area is 160 Å². The number of para-hydroxylation sites is 1. The number of nitrogens with zero attached hydrogens (tertiary/aromatic N) is 2. The molecule has 144 valence electrons. The predicted octanol–water partition coefficient (Wildman–Crippen LogP) is 3.91. The van der Waals surface area contributed by atoms with E-state index in [1.807, 2.05) is 6.07 Å². The Morgan fingerprint density at radius 2 is 1.71 bits per heavy atom. The maximum Gasteiger partial charge on any atom is 0.417 e. The van der Waals surface area contributed by atoms with Crippen LogP contribution in [-0.4, -0.2) is 19.9 Å². The first-order valence-electron chi connectivity index (χ1n) is 8.33. The normalized spacial score (nSPS) is 16.0. The van der Waals surface area contributed by atoms with E-state index in [1.54, 1.807) is 24.3 Å². The van der Waals surface area contributed by atoms with Crippen molar-refractivity contribution in [1.82, 2.24) is 9.78 Å². The van der Waals surface area contributed by atoms with Crippen molar-refractivity contribution >= 4 is 22.5 Å². The molecule has 0 saturated heterocycles. The molecule has 0 aliphatic carbocycles. The quantitative estimate of drug-likeness (QED) is 0.719. The number of carbonyl (C=O) groups excluding carboxylic acids is 1. The molecular weight excluding hydrogens is 391 g/mol. The van der Waals surface area contributed by atoms with Crippen molar-refractivity contribution in [1.29, 1.82) is 0 Å². The Kier molecular flexibility index (Phi) is 4.54. The summed E-state index contributed by atoms with van der Waals surface area (Å²) in [5, 5.41) is 6.98. The van der Waals surface area contributed by atoms with Gasteiger partial charge in [-0.1, -0.05) is 30.3 Å². The van der Waals surface area contributed by atoms with E-state index in [9.17, 15) is 22.2 Å². The lowest BCUT2D eigenvalue weighted by Crippen LogP contribution is -2.20. The van der Waals surface area contributed by atoms with Crippen LogP contribution in [0, 0.1) is 0 Å². The fourth-order valence-corrected chi connectivity index (χ4v) is 4.38. The van der Waals surface area contributed by atoms with Crippen LogP contribution in [0.15, 0.2) is 54.6 Å². The number of hydrogen-bond acceptors (Lipinski definition) is 3. The highest BCUT2D eigenvalue weighted by atomic mass is 32.2. The summed E-state index contributed by atoms with van der Waals surface area (Å²) < 4.78 is 53.2. The molecule has 1 aromatic heterocycles. The van der Waals surface area contributed by atoms with Crippen molar-refractivity contribution in [2.24, 2.45) is 0 Å². The van der Waals surface area contributed by atoms with Gasteiger partial charge in [0.1, 0.15) is 5.82 Å². The smallest absolute Gasteiger partial charge is 0.306 e. The fraction of sp³-hybridized carbons (Fsp3) is 0.158. The van der Waals surface area contributed by atoms with Crippen molar-refractivity contribution in [3.05, 3.63) is 77.0 Å². The van der Waals surface area contributed by atoms with Gasteiger partial charge in [-0.2, -0.15) is 18.3 Å². The van der Waals surface area contributed by atoms with E-state index in [0.29, 0.717) is 16.9 Å². The molecule has 1 amide bonds. The second kappa shape index (κ2) is 6.90. The summed E-state index contributed by atoms with van der Waals surface area (Å²) in [5.41, 5.74) is 0.297. The van der Waals surface area contributed by atoms with E-state index >= 15 is 0 Å². The summed E-state index contributed by atoms with van der Waals surface area (Å²) in [6.45, 7) is 0. The zero-order valence-corrected chi connectivity index (χ0v) is 15.2. The van der Waals surface area contributed by atoms with Crippen molar-refractivity contribution in [2.75, 3.05) is 5.32 Å². The lowest BCUT2D eigenvalue weighted by Gasteiger charge is -2.14. The molecule has 0 fully saturated rings. The van der Waals surface area contributed by atoms with Gasteiger partial charge in [-0.05, 0) is 24.3 Å². The largest absolute Gasteiger partial charge is 0.417 e. The maximum atomic E-state index is 13.3. The number of fused-ring (bicyclic) bond motifs is 1. The van der Waals surface area contributed by atoms with Gasteiger partial charge in [0.05, 0.1) is 34.0 Å². The Morgan fingerprint density at radius 1 is 1.04 bits per heavy atom. The highest BCUT2D eigenvalue weighted by Gasteiger charge is 2.35. The highest BCUT2D eigenvalue weighted by Crippen LogP contribution is 2.34. The van der Waals surface area contributed by atoms with Crippen molar-refractivity contribution < 1.29 is 22.2 Å². The van der Waals surface area contributed by atoms with E-state index in [1.165, 1.54) is 16.8 Å². The molecule has 1 N–H and O–H groups in total. The standard InChI is InChI=1S/C19H14F3N3O2S/c20-19(21,22)15-9-5-4-8-13(15)18(26)23-17-14-10-28(27)11-16(14)24-25(17)12-6-2-1-3-7-12/h1-9H,10-11H2,(H,23,26). The molecule has 1 aliphatic rings. The molecule has 2 heterocycles. The summed E-state index contributed by atoms with van der Waals surface area (Å²) in [7, 11) is -1.15. The molecule has 1 aliphatic heterocycles. The molecule has 1 atom stereocenters. The number of halogens is 3. The molecule has 0 saturated carbocycles. The third kappa shape index (κ3) is 3.33. The van der Waals surface area contributed by atoms with Gasteiger partial charge in [-0.15, -0.1) is 0 Å². The minimum atomic E-state index is -4.66. The number of rotatable bonds is 3. The molecule has 28 heavy (non-hydrogen) atoms. The first-order valence-corrected chi connectivity index (χ1v) is 9.82. The van der Waals surface area contributed by atoms with Gasteiger partial charge in [-0.25, -0.2) is 4.68 Å². The molecule has 9 heteroatoms. The van der Waals surface area contributed by atoms with Gasteiger partial charge in [0, 0.05) is 16.4 Å². The van der Waals surface area contributed by atoms with Crippen LogP contribution in [0.4, 0.5) is 19.0 Å². The Bertz CT molecular complexity index is 1080. The van der Waals surface area contributed by atoms with E-state index in [-0.39, 0.29) is 17.3 Å². The van der Waals surface area contributed by atoms with E-state index in [0.717, 1.165) is 12.1 Å². The van der Waals surface area contributed by atoms with Crippen molar-refractivity contribution in [2.45, 2.75) is 17.7 Å². The molecule has 4 rings (SSSR count). The van der Waals surface area contributed by atoms with Crippen LogP contribution < -0.4 is 5.32 Å². The molecule has 3 aromatic rings. The third-order valence-electron chi connectivity index (χ3n) is 4.38. The second-order valence-corrected chi connectivity index (χ2v) is 7.70. The number of alkyl halides is 3. The summed E-state index contributed by atoms with van der Waals surface area (Å²) in [6.07, 6.45) is -4.66. The third-order valence-corrected chi connectivity index (χ3v) is 5.59. The number of anilines is 1. The molecule has 0 bridgehead atoms. The molecular formula is C19H14F3N3O2S. The van der Waals surface area contributed by atoms with Gasteiger partial charge in [0.15, 0.2) is 0 Å². The second-order valence-electron chi connectivity index (χ2n) is 6.25. The Morgan fingerprint density at radius 3 is 2.43 bits per heavy atom. The lowest BCUT2D eigenvalue weighted by molar-refractivity contribution is -0.137. The van der Waals surface area contributed by atoms with Gasteiger partial charge in [-0.3, -0.25) is 9.00 Å². The SMILES string of the molecule is O=C(Nc1c2c(nn1-c1ccccc1)CS(=O)C2)c1ccccc1C(F)(F)F. The van der Waals surface area contributed by atoms with Crippen LogP contribution in [-0.2, 0) is 28.5 Å². The molecule has 0 radical (unpaired) electrons. The fourth-order valence-electron chi connectivity index (χ4n) is 3.12. The molecule has 0 spiro atoms. The number of hydrogen-bond donors (Lipinski definition) is 1. The topological polar surface area (TPSA) is 64.0 Å². The summed E-state index contributed by atoms with van der Waals surface area (Å²) in [4.78, 5) is 12.7. The Hall–Kier alpha value is -2.94. The van der Waals surface area contributed by atoms with Gasteiger partial charge in [0.25, 0.3) is 5.91 Å². The Balaban J connectivity index is 1.77. The van der Waals surface area contributed by atoms with Gasteiger partial charge < -0.3 is 5.32 Å². The summed E-state index contributed by atoms with van der Waals surface area (Å²) in [5.74, 6) is -0.213. The van der Waals surface area contributed by atoms with Crippen LogP contribution in [0.1, 0.15) is 27.2 Å². The number of aromatic nitrogens is 2. The predicted molar refractivity (Wildman–Crippen MR) is 98.5 cm³/mol. The summed E-state index contributed by atoms with van der Waals surface area (Å²) in [6, 6.07) is 13.5. The molecule has 1 unspecified atom stereocenters. The van der Waals surface area contributed by atoms with Gasteiger partial charge >= 0.3 is 6.18 Å². The zero-order chi connectivity index (χ0) is 19.9. The average Bonchev–Trinajstić information content (AvgIpc) is 3.19. The van der Waals surface area contributed by atoms with E-state index in [4.69, 9.17) is 0 Å². The van der Waals surface area contributed by atoms with Crippen molar-refractivity contribution in [3.8, 4) is 5.69 Å². The number of amides is 1. The van der Waals surface area contributed by atoms with Crippen LogP contribution in [0.25, 0.3) is 5.69 Å². The van der Waals surface area contributed by atoms with Crippen LogP contribution in [0.2, 0.25) is 0 Å². The first kappa shape index (κ1) is 18.4. The molecule has 2 aromatic carbocycles.